The van der Waals surface area contributed by atoms with Crippen LogP contribution in [0, 0.1) is 0 Å². The summed E-state index contributed by atoms with van der Waals surface area (Å²) in [5.41, 5.74) is 1.91. The van der Waals surface area contributed by atoms with Crippen LogP contribution in [0.4, 0.5) is 0 Å². The predicted molar refractivity (Wildman–Crippen MR) is 121 cm³/mol. The maximum atomic E-state index is 12.8. The molecule has 1 N–H and O–H groups in total. The van der Waals surface area contributed by atoms with Gasteiger partial charge in [-0.15, -0.1) is 0 Å². The number of methoxy groups -OCH3 is 1. The Labute approximate surface area is 194 Å². The van der Waals surface area contributed by atoms with E-state index >= 15 is 0 Å². The number of nitrogens with zero attached hydrogens (tertiary/aromatic N) is 2. The first-order valence-corrected chi connectivity index (χ1v) is 11.0. The molecule has 0 saturated carbocycles. The molecule has 31 heavy (non-hydrogen) atoms. The van der Waals surface area contributed by atoms with E-state index in [9.17, 15) is 9.59 Å². The zero-order chi connectivity index (χ0) is 22.2. The van der Waals surface area contributed by atoms with Crippen molar-refractivity contribution in [2.24, 2.45) is 0 Å². The molecule has 6 nitrogen and oxygen atoms in total. The van der Waals surface area contributed by atoms with E-state index in [1.807, 2.05) is 42.5 Å². The number of aromatic nitrogens is 2. The molecule has 2 aromatic carbocycles. The van der Waals surface area contributed by atoms with E-state index in [2.05, 4.69) is 15.3 Å². The number of thioether (sulfide) groups is 1. The van der Waals surface area contributed by atoms with Crippen LogP contribution >= 0.6 is 35.0 Å². The monoisotopic (exact) mass is 475 g/mol. The molecule has 0 aliphatic rings. The lowest BCUT2D eigenvalue weighted by atomic mass is 10.1. The van der Waals surface area contributed by atoms with Crippen molar-refractivity contribution in [2.45, 2.75) is 23.4 Å². The smallest absolute Gasteiger partial charge is 0.328 e. The molecular weight excluding hydrogens is 457 g/mol. The summed E-state index contributed by atoms with van der Waals surface area (Å²) in [5.74, 6) is -0.537. The second-order valence-electron chi connectivity index (χ2n) is 6.50. The normalized spacial score (nSPS) is 11.6. The first kappa shape index (κ1) is 23.1. The summed E-state index contributed by atoms with van der Waals surface area (Å²) in [4.78, 5) is 33.5. The van der Waals surface area contributed by atoms with Gasteiger partial charge in [-0.05, 0) is 23.3 Å². The molecule has 0 bridgehead atoms. The summed E-state index contributed by atoms with van der Waals surface area (Å²) in [5, 5.41) is 3.81. The minimum absolute atomic E-state index is 0.00256. The molecule has 160 valence electrons. The van der Waals surface area contributed by atoms with Crippen molar-refractivity contribution in [3.8, 4) is 0 Å². The second-order valence-corrected chi connectivity index (χ2v) is 8.29. The molecule has 1 atom stereocenters. The fraction of sp³-hybridized carbons (Fsp3) is 0.182. The third-order valence-corrected chi connectivity index (χ3v) is 5.75. The van der Waals surface area contributed by atoms with Crippen LogP contribution in [0.25, 0.3) is 0 Å². The van der Waals surface area contributed by atoms with Crippen LogP contribution < -0.4 is 5.32 Å². The van der Waals surface area contributed by atoms with Crippen LogP contribution in [0.1, 0.15) is 21.6 Å². The van der Waals surface area contributed by atoms with Crippen LogP contribution in [-0.2, 0) is 21.7 Å². The molecule has 0 spiro atoms. The number of hydrogen-bond donors (Lipinski definition) is 1. The zero-order valence-corrected chi connectivity index (χ0v) is 18.9. The number of amides is 1. The minimum Gasteiger partial charge on any atom is -0.467 e. The number of ether oxygens (including phenoxy) is 1. The average molecular weight is 476 g/mol. The fourth-order valence-corrected chi connectivity index (χ4v) is 3.79. The van der Waals surface area contributed by atoms with Crippen molar-refractivity contribution in [1.29, 1.82) is 0 Å². The van der Waals surface area contributed by atoms with Crippen molar-refractivity contribution in [2.75, 3.05) is 7.11 Å². The Morgan fingerprint density at radius 1 is 1.06 bits per heavy atom. The van der Waals surface area contributed by atoms with Gasteiger partial charge in [-0.25, -0.2) is 14.8 Å². The van der Waals surface area contributed by atoms with E-state index in [-0.39, 0.29) is 17.1 Å². The largest absolute Gasteiger partial charge is 0.467 e. The van der Waals surface area contributed by atoms with E-state index in [0.717, 1.165) is 11.1 Å². The molecule has 3 aromatic rings. The van der Waals surface area contributed by atoms with Crippen molar-refractivity contribution in [1.82, 2.24) is 15.3 Å². The number of halogens is 2. The van der Waals surface area contributed by atoms with Gasteiger partial charge in [0.1, 0.15) is 6.04 Å². The van der Waals surface area contributed by atoms with Gasteiger partial charge in [-0.3, -0.25) is 4.79 Å². The summed E-state index contributed by atoms with van der Waals surface area (Å²) in [6, 6.07) is 15.9. The van der Waals surface area contributed by atoms with E-state index < -0.39 is 17.9 Å². The van der Waals surface area contributed by atoms with Crippen LogP contribution in [0.15, 0.2) is 66.0 Å². The minimum atomic E-state index is -0.879. The lowest BCUT2D eigenvalue weighted by Crippen LogP contribution is -2.43. The molecular formula is C22H19Cl2N3O3S. The highest BCUT2D eigenvalue weighted by atomic mass is 35.5. The summed E-state index contributed by atoms with van der Waals surface area (Å²) in [7, 11) is 1.27. The number of nitrogens with one attached hydrogen (secondary N) is 1. The Balaban J connectivity index is 1.72. The SMILES string of the molecule is COC(=O)C(Cc1ccccc1)NC(=O)c1nc(SCc2ccc(Cl)cc2)ncc1Cl. The van der Waals surface area contributed by atoms with Crippen molar-refractivity contribution < 1.29 is 14.3 Å². The maximum absolute atomic E-state index is 12.8. The third kappa shape index (κ3) is 6.69. The lowest BCUT2D eigenvalue weighted by molar-refractivity contribution is -0.142. The Morgan fingerprint density at radius 3 is 2.45 bits per heavy atom. The molecule has 1 heterocycles. The number of carbonyl (C=O) groups excluding carboxylic acids is 2. The van der Waals surface area contributed by atoms with E-state index in [4.69, 9.17) is 27.9 Å². The molecule has 9 heteroatoms. The number of carbonyl (C=O) groups is 2. The Hall–Kier alpha value is -2.61. The lowest BCUT2D eigenvalue weighted by Gasteiger charge is -2.17. The Bertz CT molecular complexity index is 1050. The molecule has 1 amide bonds. The Kier molecular flexibility index (Phi) is 8.28. The summed E-state index contributed by atoms with van der Waals surface area (Å²) in [6.07, 6.45) is 1.65. The quantitative estimate of drug-likeness (QED) is 0.291. The standard InChI is InChI=1S/C22H19Cl2N3O3S/c1-30-21(29)18(11-14-5-3-2-4-6-14)26-20(28)19-17(24)12-25-22(27-19)31-13-15-7-9-16(23)10-8-15/h2-10,12,18H,11,13H2,1H3,(H,26,28). The van der Waals surface area contributed by atoms with Gasteiger partial charge in [-0.1, -0.05) is 77.4 Å². The topological polar surface area (TPSA) is 81.2 Å². The molecule has 0 aliphatic heterocycles. The van der Waals surface area contributed by atoms with Gasteiger partial charge in [0.2, 0.25) is 0 Å². The molecule has 3 rings (SSSR count). The van der Waals surface area contributed by atoms with E-state index in [0.29, 0.717) is 15.9 Å². The summed E-state index contributed by atoms with van der Waals surface area (Å²) in [6.45, 7) is 0. The maximum Gasteiger partial charge on any atom is 0.328 e. The molecule has 0 radical (unpaired) electrons. The first-order valence-electron chi connectivity index (χ1n) is 9.28. The van der Waals surface area contributed by atoms with Gasteiger partial charge in [0, 0.05) is 17.2 Å². The average Bonchev–Trinajstić information content (AvgIpc) is 2.79. The van der Waals surface area contributed by atoms with Crippen molar-refractivity contribution in [3.05, 3.63) is 87.7 Å². The second kappa shape index (κ2) is 11.1. The number of rotatable bonds is 8. The van der Waals surface area contributed by atoms with Gasteiger partial charge in [0.25, 0.3) is 5.91 Å². The van der Waals surface area contributed by atoms with Gasteiger partial charge < -0.3 is 10.1 Å². The van der Waals surface area contributed by atoms with Crippen LogP contribution in [0.3, 0.4) is 0 Å². The zero-order valence-electron chi connectivity index (χ0n) is 16.5. The third-order valence-electron chi connectivity index (χ3n) is 4.29. The predicted octanol–water partition coefficient (Wildman–Crippen LogP) is 4.59. The molecule has 1 aromatic heterocycles. The van der Waals surface area contributed by atoms with Crippen LogP contribution in [0.5, 0.6) is 0 Å². The molecule has 1 unspecified atom stereocenters. The molecule has 0 fully saturated rings. The van der Waals surface area contributed by atoms with Gasteiger partial charge >= 0.3 is 5.97 Å². The number of benzene rings is 2. The van der Waals surface area contributed by atoms with Crippen LogP contribution in [0.2, 0.25) is 10.0 Å². The highest BCUT2D eigenvalue weighted by Crippen LogP contribution is 2.23. The van der Waals surface area contributed by atoms with Gasteiger partial charge in [0.15, 0.2) is 10.9 Å². The summed E-state index contributed by atoms with van der Waals surface area (Å²) < 4.78 is 4.84. The number of esters is 1. The van der Waals surface area contributed by atoms with E-state index in [1.165, 1.54) is 25.1 Å². The molecule has 0 saturated heterocycles. The van der Waals surface area contributed by atoms with Gasteiger partial charge in [0.05, 0.1) is 18.3 Å². The summed E-state index contributed by atoms with van der Waals surface area (Å²) >= 11 is 13.4. The fourth-order valence-electron chi connectivity index (χ4n) is 2.72. The Morgan fingerprint density at radius 2 is 1.77 bits per heavy atom. The van der Waals surface area contributed by atoms with Crippen molar-refractivity contribution in [3.63, 3.8) is 0 Å². The van der Waals surface area contributed by atoms with E-state index in [1.54, 1.807) is 12.1 Å². The first-order chi connectivity index (χ1) is 15.0. The highest BCUT2D eigenvalue weighted by Gasteiger charge is 2.25. The van der Waals surface area contributed by atoms with Crippen LogP contribution in [-0.4, -0.2) is 35.0 Å². The molecule has 0 aliphatic carbocycles. The number of hydrogen-bond acceptors (Lipinski definition) is 6. The van der Waals surface area contributed by atoms with Crippen molar-refractivity contribution >= 4 is 46.8 Å². The van der Waals surface area contributed by atoms with Gasteiger partial charge in [-0.2, -0.15) is 0 Å². The highest BCUT2D eigenvalue weighted by molar-refractivity contribution is 7.98.